The van der Waals surface area contributed by atoms with E-state index in [1.165, 1.54) is 27.4 Å². The first-order valence-corrected chi connectivity index (χ1v) is 11.9. The Kier molecular flexibility index (Phi) is 8.25. The lowest BCUT2D eigenvalue weighted by Gasteiger charge is -2.24. The number of carbonyl (C=O) groups excluding carboxylic acids is 2. The highest BCUT2D eigenvalue weighted by Crippen LogP contribution is 2.34. The van der Waals surface area contributed by atoms with Gasteiger partial charge in [-0.1, -0.05) is 23.1 Å². The molecule has 0 saturated carbocycles. The van der Waals surface area contributed by atoms with Gasteiger partial charge in [-0.15, -0.1) is 10.2 Å². The standard InChI is InChI=1S/C16H20N4O7S3/c1-25-10-5-6-12(26-2)11(7-10)20(30(4,23)24)8-13(21)17-15-18-19-16(29-15)28-9-14(22)27-3/h5-7H,8-9H2,1-4H3,(H,17,18,21). The van der Waals surface area contributed by atoms with Crippen LogP contribution in [0.15, 0.2) is 22.5 Å². The number of benzene rings is 1. The topological polar surface area (TPSA) is 137 Å². The summed E-state index contributed by atoms with van der Waals surface area (Å²) in [5, 5.41) is 10.3. The van der Waals surface area contributed by atoms with Gasteiger partial charge in [0.2, 0.25) is 21.1 Å². The molecule has 0 unspecified atom stereocenters. The Labute approximate surface area is 181 Å². The molecule has 1 amide bonds. The normalized spacial score (nSPS) is 10.9. The number of sulfonamides is 1. The minimum absolute atomic E-state index is 0.0522. The van der Waals surface area contributed by atoms with E-state index in [-0.39, 0.29) is 22.3 Å². The van der Waals surface area contributed by atoms with E-state index < -0.39 is 28.4 Å². The summed E-state index contributed by atoms with van der Waals surface area (Å²) in [5.74, 6) is -0.346. The Bertz CT molecular complexity index is 1010. The first-order chi connectivity index (χ1) is 14.2. The summed E-state index contributed by atoms with van der Waals surface area (Å²) in [5.41, 5.74) is 0.154. The quantitative estimate of drug-likeness (QED) is 0.303. The van der Waals surface area contributed by atoms with Gasteiger partial charge in [0, 0.05) is 6.07 Å². The second-order valence-corrected chi connectivity index (χ2v) is 9.70. The molecule has 0 bridgehead atoms. The van der Waals surface area contributed by atoms with Crippen LogP contribution < -0.4 is 19.1 Å². The van der Waals surface area contributed by atoms with Gasteiger partial charge in [0.15, 0.2) is 4.34 Å². The van der Waals surface area contributed by atoms with E-state index >= 15 is 0 Å². The highest BCUT2D eigenvalue weighted by atomic mass is 32.2. The smallest absolute Gasteiger partial charge is 0.316 e. The van der Waals surface area contributed by atoms with E-state index in [0.29, 0.717) is 10.1 Å². The van der Waals surface area contributed by atoms with Crippen molar-refractivity contribution in [1.82, 2.24) is 10.2 Å². The van der Waals surface area contributed by atoms with Gasteiger partial charge in [0.25, 0.3) is 0 Å². The van der Waals surface area contributed by atoms with Crippen LogP contribution in [0.1, 0.15) is 0 Å². The molecule has 164 valence electrons. The molecule has 1 aromatic heterocycles. The van der Waals surface area contributed by atoms with E-state index in [0.717, 1.165) is 33.7 Å². The van der Waals surface area contributed by atoms with Crippen molar-refractivity contribution in [2.75, 3.05) is 49.5 Å². The summed E-state index contributed by atoms with van der Waals surface area (Å²) in [6.45, 7) is -0.521. The van der Waals surface area contributed by atoms with E-state index in [1.807, 2.05) is 0 Å². The Hall–Kier alpha value is -2.58. The third kappa shape index (κ3) is 6.47. The zero-order chi connectivity index (χ0) is 22.3. The van der Waals surface area contributed by atoms with Crippen molar-refractivity contribution in [3.63, 3.8) is 0 Å². The molecule has 0 radical (unpaired) electrons. The van der Waals surface area contributed by atoms with Gasteiger partial charge in [-0.3, -0.25) is 19.2 Å². The maximum atomic E-state index is 12.5. The van der Waals surface area contributed by atoms with Gasteiger partial charge in [0.1, 0.15) is 18.0 Å². The van der Waals surface area contributed by atoms with E-state index in [1.54, 1.807) is 12.1 Å². The second kappa shape index (κ2) is 10.4. The van der Waals surface area contributed by atoms with Crippen LogP contribution in [-0.4, -0.2) is 70.4 Å². The number of nitrogens with one attached hydrogen (secondary N) is 1. The summed E-state index contributed by atoms with van der Waals surface area (Å²) in [6.07, 6.45) is 0.978. The summed E-state index contributed by atoms with van der Waals surface area (Å²) >= 11 is 2.15. The van der Waals surface area contributed by atoms with Crippen LogP contribution in [0.5, 0.6) is 11.5 Å². The fraction of sp³-hybridized carbons (Fsp3) is 0.375. The first-order valence-electron chi connectivity index (χ1n) is 8.20. The molecule has 0 aliphatic carbocycles. The molecule has 2 aromatic rings. The minimum atomic E-state index is -3.83. The van der Waals surface area contributed by atoms with Gasteiger partial charge in [0.05, 0.1) is 39.0 Å². The van der Waals surface area contributed by atoms with Crippen LogP contribution in [0.3, 0.4) is 0 Å². The van der Waals surface area contributed by atoms with Gasteiger partial charge in [-0.05, 0) is 12.1 Å². The number of nitrogens with zero attached hydrogens (tertiary/aromatic N) is 3. The molecule has 1 heterocycles. The predicted octanol–water partition coefficient (Wildman–Crippen LogP) is 1.23. The van der Waals surface area contributed by atoms with Crippen LogP contribution in [0.25, 0.3) is 0 Å². The van der Waals surface area contributed by atoms with Crippen molar-refractivity contribution in [1.29, 1.82) is 0 Å². The van der Waals surface area contributed by atoms with E-state index in [2.05, 4.69) is 20.3 Å². The van der Waals surface area contributed by atoms with Crippen molar-refractivity contribution in [3.8, 4) is 11.5 Å². The molecule has 1 aromatic carbocycles. The van der Waals surface area contributed by atoms with Crippen molar-refractivity contribution >= 4 is 55.8 Å². The van der Waals surface area contributed by atoms with Gasteiger partial charge >= 0.3 is 5.97 Å². The summed E-state index contributed by atoms with van der Waals surface area (Å²) < 4.78 is 40.9. The molecule has 11 nitrogen and oxygen atoms in total. The molecule has 30 heavy (non-hydrogen) atoms. The SMILES string of the molecule is COC(=O)CSc1nnc(NC(=O)CN(c2cc(OC)ccc2OC)S(C)(=O)=O)s1. The highest BCUT2D eigenvalue weighted by Gasteiger charge is 2.25. The summed E-state index contributed by atoms with van der Waals surface area (Å²) in [6, 6.07) is 4.61. The molecule has 14 heteroatoms. The zero-order valence-electron chi connectivity index (χ0n) is 16.6. The van der Waals surface area contributed by atoms with Crippen LogP contribution in [0, 0.1) is 0 Å². The number of hydrogen-bond donors (Lipinski definition) is 1. The molecule has 0 saturated heterocycles. The second-order valence-electron chi connectivity index (χ2n) is 5.59. The molecule has 0 aliphatic heterocycles. The molecular formula is C16H20N4O7S3. The number of amides is 1. The summed E-state index contributed by atoms with van der Waals surface area (Å²) in [4.78, 5) is 23.7. The number of ether oxygens (including phenoxy) is 3. The van der Waals surface area contributed by atoms with Crippen LogP contribution in [0.2, 0.25) is 0 Å². The molecule has 1 N–H and O–H groups in total. The van der Waals surface area contributed by atoms with Gasteiger partial charge in [-0.25, -0.2) is 8.42 Å². The molecule has 0 atom stereocenters. The maximum absolute atomic E-state index is 12.5. The number of esters is 1. The van der Waals surface area contributed by atoms with Gasteiger partial charge in [-0.2, -0.15) is 0 Å². The van der Waals surface area contributed by atoms with E-state index in [9.17, 15) is 18.0 Å². The highest BCUT2D eigenvalue weighted by molar-refractivity contribution is 8.01. The first kappa shape index (κ1) is 23.7. The lowest BCUT2D eigenvalue weighted by molar-refractivity contribution is -0.137. The third-order valence-electron chi connectivity index (χ3n) is 3.54. The average molecular weight is 477 g/mol. The van der Waals surface area contributed by atoms with Crippen molar-refractivity contribution in [2.45, 2.75) is 4.34 Å². The lowest BCUT2D eigenvalue weighted by Crippen LogP contribution is -2.37. The lowest BCUT2D eigenvalue weighted by atomic mass is 10.2. The van der Waals surface area contributed by atoms with Crippen molar-refractivity contribution < 1.29 is 32.2 Å². The van der Waals surface area contributed by atoms with Crippen molar-refractivity contribution in [3.05, 3.63) is 18.2 Å². The Balaban J connectivity index is 2.16. The maximum Gasteiger partial charge on any atom is 0.316 e. The molecule has 2 rings (SSSR count). The monoisotopic (exact) mass is 476 g/mol. The third-order valence-corrected chi connectivity index (χ3v) is 6.61. The Morgan fingerprint density at radius 1 is 1.20 bits per heavy atom. The van der Waals surface area contributed by atoms with Crippen LogP contribution in [0.4, 0.5) is 10.8 Å². The van der Waals surface area contributed by atoms with Crippen LogP contribution in [-0.2, 0) is 24.3 Å². The number of aromatic nitrogens is 2. The van der Waals surface area contributed by atoms with E-state index in [4.69, 9.17) is 9.47 Å². The number of carbonyl (C=O) groups is 2. The minimum Gasteiger partial charge on any atom is -0.497 e. The molecule has 0 fully saturated rings. The van der Waals surface area contributed by atoms with Gasteiger partial charge < -0.3 is 14.2 Å². The Morgan fingerprint density at radius 3 is 2.53 bits per heavy atom. The Morgan fingerprint density at radius 2 is 1.93 bits per heavy atom. The van der Waals surface area contributed by atoms with Crippen molar-refractivity contribution in [2.24, 2.45) is 0 Å². The number of hydrogen-bond acceptors (Lipinski definition) is 11. The molecule has 0 aliphatic rings. The van der Waals surface area contributed by atoms with Crippen LogP contribution >= 0.6 is 23.1 Å². The predicted molar refractivity (Wildman–Crippen MR) is 113 cm³/mol. The average Bonchev–Trinajstić information content (AvgIpc) is 3.16. The number of methoxy groups -OCH3 is 3. The number of thioether (sulfide) groups is 1. The largest absolute Gasteiger partial charge is 0.497 e. The fourth-order valence-electron chi connectivity index (χ4n) is 2.16. The molecule has 0 spiro atoms. The number of rotatable bonds is 10. The zero-order valence-corrected chi connectivity index (χ0v) is 19.0. The number of anilines is 2. The molecular weight excluding hydrogens is 456 g/mol. The summed E-state index contributed by atoms with van der Waals surface area (Å²) in [7, 11) is 0.276. The fourth-order valence-corrected chi connectivity index (χ4v) is 4.61.